The smallest absolute Gasteiger partial charge is 0.255 e. The summed E-state index contributed by atoms with van der Waals surface area (Å²) in [4.78, 5) is 29.4. The standard InChI is InChI=1S/C28H30N2O3/c1-19(2)29-27(33)28(3)24-12-8-7-11-23(24)26(32)30(17-20-9-5-4-6-10-20)25(28)22-15-13-21(18-31)14-16-22/h4-16,19,25,31H,17-18H2,1-3H3,(H,29,33)/t25-,28-/m0/s1. The Labute approximate surface area is 195 Å². The van der Waals surface area contributed by atoms with Crippen molar-refractivity contribution in [2.24, 2.45) is 0 Å². The molecular formula is C28H30N2O3. The molecule has 2 N–H and O–H groups in total. The van der Waals surface area contributed by atoms with Crippen molar-refractivity contribution in [3.63, 3.8) is 0 Å². The molecule has 5 heteroatoms. The van der Waals surface area contributed by atoms with Crippen molar-refractivity contribution in [2.75, 3.05) is 0 Å². The number of hydrogen-bond donors (Lipinski definition) is 2. The molecule has 3 aromatic carbocycles. The van der Waals surface area contributed by atoms with Crippen molar-refractivity contribution < 1.29 is 14.7 Å². The lowest BCUT2D eigenvalue weighted by Crippen LogP contribution is -2.57. The minimum Gasteiger partial charge on any atom is -0.392 e. The number of aliphatic hydroxyl groups excluding tert-OH is 1. The van der Waals surface area contributed by atoms with Crippen LogP contribution in [0.2, 0.25) is 0 Å². The first kappa shape index (κ1) is 22.7. The zero-order valence-electron chi connectivity index (χ0n) is 19.3. The fourth-order valence-corrected chi connectivity index (χ4v) is 4.77. The molecule has 1 aliphatic rings. The van der Waals surface area contributed by atoms with Crippen LogP contribution in [0.4, 0.5) is 0 Å². The Morgan fingerprint density at radius 3 is 2.24 bits per heavy atom. The predicted octanol–water partition coefficient (Wildman–Crippen LogP) is 4.36. The van der Waals surface area contributed by atoms with E-state index in [2.05, 4.69) is 5.32 Å². The Bertz CT molecular complexity index is 1140. The van der Waals surface area contributed by atoms with Gasteiger partial charge in [0.1, 0.15) is 0 Å². The average Bonchev–Trinajstić information content (AvgIpc) is 2.83. The summed E-state index contributed by atoms with van der Waals surface area (Å²) in [7, 11) is 0. The average molecular weight is 443 g/mol. The van der Waals surface area contributed by atoms with Crippen molar-refractivity contribution in [1.82, 2.24) is 10.2 Å². The largest absolute Gasteiger partial charge is 0.392 e. The van der Waals surface area contributed by atoms with E-state index in [9.17, 15) is 14.7 Å². The number of nitrogens with zero attached hydrogens (tertiary/aromatic N) is 1. The second-order valence-electron chi connectivity index (χ2n) is 9.10. The molecule has 3 aromatic rings. The van der Waals surface area contributed by atoms with Crippen LogP contribution in [0.15, 0.2) is 78.9 Å². The van der Waals surface area contributed by atoms with E-state index in [4.69, 9.17) is 0 Å². The van der Waals surface area contributed by atoms with Gasteiger partial charge in [-0.1, -0.05) is 72.8 Å². The summed E-state index contributed by atoms with van der Waals surface area (Å²) < 4.78 is 0. The number of carbonyl (C=O) groups is 2. The van der Waals surface area contributed by atoms with Crippen LogP contribution in [-0.4, -0.2) is 27.9 Å². The summed E-state index contributed by atoms with van der Waals surface area (Å²) in [5.74, 6) is -0.216. The monoisotopic (exact) mass is 442 g/mol. The van der Waals surface area contributed by atoms with E-state index in [0.717, 1.165) is 22.3 Å². The fraction of sp³-hybridized carbons (Fsp3) is 0.286. The van der Waals surface area contributed by atoms with Crippen LogP contribution in [-0.2, 0) is 23.4 Å². The molecule has 0 fully saturated rings. The van der Waals surface area contributed by atoms with Crippen molar-refractivity contribution >= 4 is 11.8 Å². The maximum atomic E-state index is 13.8. The van der Waals surface area contributed by atoms with Gasteiger partial charge >= 0.3 is 0 Å². The van der Waals surface area contributed by atoms with Gasteiger partial charge in [0.05, 0.1) is 18.1 Å². The minimum atomic E-state index is -1.01. The number of benzene rings is 3. The Balaban J connectivity index is 1.94. The first-order chi connectivity index (χ1) is 15.9. The van der Waals surface area contributed by atoms with Crippen LogP contribution in [0.1, 0.15) is 59.4 Å². The van der Waals surface area contributed by atoms with Crippen LogP contribution < -0.4 is 5.32 Å². The molecule has 0 saturated carbocycles. The van der Waals surface area contributed by atoms with Crippen molar-refractivity contribution in [2.45, 2.75) is 51.4 Å². The lowest BCUT2D eigenvalue weighted by Gasteiger charge is -2.48. The molecule has 0 spiro atoms. The first-order valence-corrected chi connectivity index (χ1v) is 11.3. The highest BCUT2D eigenvalue weighted by atomic mass is 16.3. The maximum Gasteiger partial charge on any atom is 0.255 e. The van der Waals surface area contributed by atoms with Gasteiger partial charge in [0.25, 0.3) is 5.91 Å². The van der Waals surface area contributed by atoms with Gasteiger partial charge < -0.3 is 15.3 Å². The van der Waals surface area contributed by atoms with Crippen LogP contribution in [0, 0.1) is 0 Å². The third kappa shape index (κ3) is 4.16. The zero-order valence-corrected chi connectivity index (χ0v) is 19.3. The van der Waals surface area contributed by atoms with Gasteiger partial charge in [-0.05, 0) is 49.1 Å². The van der Waals surface area contributed by atoms with Gasteiger partial charge in [-0.15, -0.1) is 0 Å². The summed E-state index contributed by atoms with van der Waals surface area (Å²) in [6, 6.07) is 24.2. The van der Waals surface area contributed by atoms with Crippen LogP contribution in [0.3, 0.4) is 0 Å². The lowest BCUT2D eigenvalue weighted by molar-refractivity contribution is -0.129. The van der Waals surface area contributed by atoms with E-state index in [1.165, 1.54) is 0 Å². The molecule has 170 valence electrons. The second kappa shape index (κ2) is 9.20. The van der Waals surface area contributed by atoms with Crippen LogP contribution >= 0.6 is 0 Å². The maximum absolute atomic E-state index is 13.8. The Morgan fingerprint density at radius 2 is 1.61 bits per heavy atom. The summed E-state index contributed by atoms with van der Waals surface area (Å²) in [5.41, 5.74) is 2.90. The lowest BCUT2D eigenvalue weighted by atomic mass is 9.67. The molecule has 0 saturated heterocycles. The molecule has 5 nitrogen and oxygen atoms in total. The molecule has 0 aliphatic carbocycles. The summed E-state index contributed by atoms with van der Waals surface area (Å²) in [6.45, 7) is 6.12. The van der Waals surface area contributed by atoms with Gasteiger partial charge in [-0.3, -0.25) is 9.59 Å². The summed E-state index contributed by atoms with van der Waals surface area (Å²) in [6.07, 6.45) is 0. The number of amides is 2. The number of fused-ring (bicyclic) bond motifs is 1. The zero-order chi connectivity index (χ0) is 23.6. The van der Waals surface area contributed by atoms with Gasteiger partial charge in [-0.25, -0.2) is 0 Å². The topological polar surface area (TPSA) is 69.6 Å². The van der Waals surface area contributed by atoms with Gasteiger partial charge in [0.15, 0.2) is 0 Å². The third-order valence-corrected chi connectivity index (χ3v) is 6.40. The van der Waals surface area contributed by atoms with E-state index in [1.54, 1.807) is 0 Å². The molecule has 4 rings (SSSR count). The molecule has 1 aliphatic heterocycles. The molecule has 0 radical (unpaired) electrons. The molecule has 0 bridgehead atoms. The number of carbonyl (C=O) groups excluding carboxylic acids is 2. The van der Waals surface area contributed by atoms with E-state index in [0.29, 0.717) is 12.1 Å². The Hall–Kier alpha value is -3.44. The quantitative estimate of drug-likeness (QED) is 0.596. The van der Waals surface area contributed by atoms with Crippen molar-refractivity contribution in [1.29, 1.82) is 0 Å². The highest BCUT2D eigenvalue weighted by Gasteiger charge is 2.53. The van der Waals surface area contributed by atoms with E-state index in [1.807, 2.05) is 105 Å². The van der Waals surface area contributed by atoms with E-state index < -0.39 is 11.5 Å². The van der Waals surface area contributed by atoms with Crippen LogP contribution in [0.5, 0.6) is 0 Å². The predicted molar refractivity (Wildman–Crippen MR) is 128 cm³/mol. The fourth-order valence-electron chi connectivity index (χ4n) is 4.77. The molecular weight excluding hydrogens is 412 g/mol. The number of hydrogen-bond acceptors (Lipinski definition) is 3. The van der Waals surface area contributed by atoms with Gasteiger partial charge in [-0.2, -0.15) is 0 Å². The Kier molecular flexibility index (Phi) is 6.34. The Morgan fingerprint density at radius 1 is 0.970 bits per heavy atom. The van der Waals surface area contributed by atoms with Crippen molar-refractivity contribution in [3.8, 4) is 0 Å². The van der Waals surface area contributed by atoms with Crippen LogP contribution in [0.25, 0.3) is 0 Å². The van der Waals surface area contributed by atoms with Gasteiger partial charge in [0, 0.05) is 18.2 Å². The third-order valence-electron chi connectivity index (χ3n) is 6.40. The normalized spacial score (nSPS) is 20.0. The van der Waals surface area contributed by atoms with E-state index in [-0.39, 0.29) is 24.5 Å². The molecule has 2 atom stereocenters. The summed E-state index contributed by atoms with van der Waals surface area (Å²) >= 11 is 0. The number of nitrogens with one attached hydrogen (secondary N) is 1. The van der Waals surface area contributed by atoms with Crippen molar-refractivity contribution in [3.05, 3.63) is 107 Å². The SMILES string of the molecule is CC(C)NC(=O)[C@@]1(C)c2ccccc2C(=O)N(Cc2ccccc2)[C@H]1c1ccc(CO)cc1. The highest BCUT2D eigenvalue weighted by Crippen LogP contribution is 2.48. The van der Waals surface area contributed by atoms with E-state index >= 15 is 0 Å². The molecule has 33 heavy (non-hydrogen) atoms. The van der Waals surface area contributed by atoms with Gasteiger partial charge in [0.2, 0.25) is 5.91 Å². The number of aliphatic hydroxyl groups is 1. The molecule has 1 heterocycles. The molecule has 0 unspecified atom stereocenters. The number of rotatable bonds is 6. The highest BCUT2D eigenvalue weighted by molar-refractivity contribution is 6.03. The molecule has 2 amide bonds. The summed E-state index contributed by atoms with van der Waals surface area (Å²) in [5, 5.41) is 12.6. The first-order valence-electron chi connectivity index (χ1n) is 11.3. The second-order valence-corrected chi connectivity index (χ2v) is 9.10. The minimum absolute atomic E-state index is 0.0425. The molecule has 0 aromatic heterocycles.